The van der Waals surface area contributed by atoms with Crippen LogP contribution < -0.4 is 9.80 Å². The first-order valence-electron chi connectivity index (χ1n) is 15.1. The van der Waals surface area contributed by atoms with Crippen molar-refractivity contribution in [3.05, 3.63) is 103 Å². The second-order valence-corrected chi connectivity index (χ2v) is 13.0. The third kappa shape index (κ3) is 6.52. The maximum Gasteiger partial charge on any atom is 0.340 e. The molecule has 4 heterocycles. The second-order valence-electron chi connectivity index (χ2n) is 10.9. The molecule has 0 N–H and O–H groups in total. The van der Waals surface area contributed by atoms with Gasteiger partial charge in [-0.1, -0.05) is 72.5 Å². The Bertz CT molecular complexity index is 1950. The topological polar surface area (TPSA) is 118 Å². The molecule has 2 atom stereocenters. The fourth-order valence-corrected chi connectivity index (χ4v) is 7.34. The fourth-order valence-electron chi connectivity index (χ4n) is 5.31. The van der Waals surface area contributed by atoms with Gasteiger partial charge in [0, 0.05) is 31.6 Å². The van der Waals surface area contributed by atoms with Gasteiger partial charge in [-0.25, -0.2) is 9.59 Å². The summed E-state index contributed by atoms with van der Waals surface area (Å²) in [4.78, 5) is 67.8. The molecule has 0 aliphatic carbocycles. The molecule has 2 aromatic heterocycles. The van der Waals surface area contributed by atoms with Crippen molar-refractivity contribution < 1.29 is 28.7 Å². The van der Waals surface area contributed by atoms with E-state index in [1.807, 2.05) is 60.7 Å². The smallest absolute Gasteiger partial charge is 0.340 e. The number of carbonyl (C=O) groups is 4. The molecule has 0 fully saturated rings. The average Bonchev–Trinajstić information content (AvgIpc) is 3.72. The monoisotopic (exact) mass is 688 g/mol. The van der Waals surface area contributed by atoms with Crippen LogP contribution in [0.5, 0.6) is 0 Å². The molecule has 4 aromatic rings. The largest absolute Gasteiger partial charge is 0.464 e. The van der Waals surface area contributed by atoms with Gasteiger partial charge in [0.05, 0.1) is 55.5 Å². The molecule has 2 aromatic carbocycles. The van der Waals surface area contributed by atoms with E-state index < -0.39 is 35.8 Å². The average molecular weight is 689 g/mol. The number of benzene rings is 2. The summed E-state index contributed by atoms with van der Waals surface area (Å²) in [6, 6.07) is 18.9. The highest BCUT2D eigenvalue weighted by Gasteiger charge is 2.38. The standard InChI is InChI=1S/C37H28N4O6S2/c1-5-24-20-26-32(48-24)28(22-14-9-7-10-15-22)38-30(34(42)40(26)3)36(44)46-18-13-19-47-37(45)31-35(43)41(4)27-21-25(6-2)49-33(27)29(39-31)23-16-11-8-12-17-23/h1-2,7-12,14-17,20-21,30-31H,13,18-19H2,3-4H3. The maximum atomic E-state index is 13.4. The summed E-state index contributed by atoms with van der Waals surface area (Å²) >= 11 is 2.61. The number of aliphatic imine (C=N–C) groups is 2. The van der Waals surface area contributed by atoms with Crippen LogP contribution in [0, 0.1) is 24.7 Å². The minimum Gasteiger partial charge on any atom is -0.464 e. The Morgan fingerprint density at radius 2 is 1.10 bits per heavy atom. The molecule has 6 rings (SSSR count). The molecule has 0 radical (unpaired) electrons. The van der Waals surface area contributed by atoms with E-state index in [-0.39, 0.29) is 19.6 Å². The number of nitrogens with zero attached hydrogens (tertiary/aromatic N) is 4. The molecular formula is C37H28N4O6S2. The maximum absolute atomic E-state index is 13.4. The van der Waals surface area contributed by atoms with Crippen molar-refractivity contribution in [3.63, 3.8) is 0 Å². The molecule has 2 aliphatic heterocycles. The third-order valence-electron chi connectivity index (χ3n) is 7.83. The lowest BCUT2D eigenvalue weighted by Crippen LogP contribution is -2.41. The molecule has 244 valence electrons. The molecule has 2 aliphatic rings. The quantitative estimate of drug-likeness (QED) is 0.118. The van der Waals surface area contributed by atoms with Crippen molar-refractivity contribution >= 4 is 69.2 Å². The van der Waals surface area contributed by atoms with E-state index in [1.54, 1.807) is 26.2 Å². The molecule has 2 unspecified atom stereocenters. The summed E-state index contributed by atoms with van der Waals surface area (Å²) in [7, 11) is 3.12. The second kappa shape index (κ2) is 14.1. The van der Waals surface area contributed by atoms with Crippen LogP contribution in [0.25, 0.3) is 0 Å². The van der Waals surface area contributed by atoms with Crippen LogP contribution in [0.15, 0.2) is 82.8 Å². The number of hydrogen-bond donors (Lipinski definition) is 0. The van der Waals surface area contributed by atoms with Gasteiger partial charge in [-0.05, 0) is 12.1 Å². The fraction of sp³-hybridized carbons (Fsp3) is 0.189. The summed E-state index contributed by atoms with van der Waals surface area (Å²) in [5.74, 6) is 2.36. The Hall–Kier alpha value is -5.82. The summed E-state index contributed by atoms with van der Waals surface area (Å²) < 4.78 is 10.9. The van der Waals surface area contributed by atoms with Crippen LogP contribution in [0.3, 0.4) is 0 Å². The van der Waals surface area contributed by atoms with E-state index in [0.29, 0.717) is 53.4 Å². The lowest BCUT2D eigenvalue weighted by molar-refractivity contribution is -0.149. The SMILES string of the molecule is C#Cc1cc2c(s1)C(c1ccccc1)=NC(C(=O)OCCCOC(=O)C1N=C(c3ccccc3)c3sc(C#C)cc3N(C)C1=O)C(=O)N2C. The first kappa shape index (κ1) is 33.1. The summed E-state index contributed by atoms with van der Waals surface area (Å²) in [5.41, 5.74) is 3.44. The zero-order valence-electron chi connectivity index (χ0n) is 26.4. The van der Waals surface area contributed by atoms with Gasteiger partial charge in [0.15, 0.2) is 0 Å². The highest BCUT2D eigenvalue weighted by atomic mass is 32.1. The molecule has 0 spiro atoms. The van der Waals surface area contributed by atoms with E-state index >= 15 is 0 Å². The number of rotatable bonds is 8. The predicted octanol–water partition coefficient (Wildman–Crippen LogP) is 4.31. The predicted molar refractivity (Wildman–Crippen MR) is 190 cm³/mol. The minimum absolute atomic E-state index is 0.104. The number of ether oxygens (including phenoxy) is 2. The number of carbonyl (C=O) groups excluding carboxylic acids is 4. The summed E-state index contributed by atoms with van der Waals surface area (Å²) in [6.45, 7) is -0.329. The molecule has 12 heteroatoms. The van der Waals surface area contributed by atoms with Gasteiger partial charge in [0.25, 0.3) is 11.8 Å². The van der Waals surface area contributed by atoms with Crippen LogP contribution in [0.4, 0.5) is 11.4 Å². The van der Waals surface area contributed by atoms with E-state index in [2.05, 4.69) is 21.8 Å². The van der Waals surface area contributed by atoms with Crippen LogP contribution >= 0.6 is 22.7 Å². The number of amides is 2. The number of thiophene rings is 2. The van der Waals surface area contributed by atoms with Gasteiger partial charge < -0.3 is 19.3 Å². The van der Waals surface area contributed by atoms with Gasteiger partial charge in [0.1, 0.15) is 0 Å². The van der Waals surface area contributed by atoms with E-state index in [1.165, 1.54) is 32.5 Å². The van der Waals surface area contributed by atoms with Gasteiger partial charge in [-0.15, -0.1) is 35.5 Å². The number of hydrogen-bond acceptors (Lipinski definition) is 10. The normalized spacial score (nSPS) is 17.0. The Morgan fingerprint density at radius 1 is 0.714 bits per heavy atom. The van der Waals surface area contributed by atoms with Crippen LogP contribution in [0.1, 0.15) is 37.1 Å². The van der Waals surface area contributed by atoms with Crippen LogP contribution in [-0.4, -0.2) is 74.6 Å². The number of fused-ring (bicyclic) bond motifs is 2. The number of likely N-dealkylation sites (N-methyl/N-ethyl adjacent to an activating group) is 2. The van der Waals surface area contributed by atoms with Crippen molar-refractivity contribution in [2.24, 2.45) is 9.98 Å². The van der Waals surface area contributed by atoms with Crippen LogP contribution in [-0.2, 0) is 28.7 Å². The van der Waals surface area contributed by atoms with Crippen molar-refractivity contribution in [2.45, 2.75) is 18.5 Å². The highest BCUT2D eigenvalue weighted by molar-refractivity contribution is 7.16. The van der Waals surface area contributed by atoms with Crippen molar-refractivity contribution in [2.75, 3.05) is 37.1 Å². The number of esters is 2. The van der Waals surface area contributed by atoms with Gasteiger partial charge in [-0.2, -0.15) is 0 Å². The Labute approximate surface area is 290 Å². The highest BCUT2D eigenvalue weighted by Crippen LogP contribution is 2.36. The first-order valence-corrected chi connectivity index (χ1v) is 16.7. The van der Waals surface area contributed by atoms with Crippen LogP contribution in [0.2, 0.25) is 0 Å². The van der Waals surface area contributed by atoms with E-state index in [4.69, 9.17) is 22.3 Å². The molecule has 49 heavy (non-hydrogen) atoms. The summed E-state index contributed by atoms with van der Waals surface area (Å²) in [5, 5.41) is 0. The zero-order chi connectivity index (χ0) is 34.7. The molecule has 0 saturated heterocycles. The molecule has 0 saturated carbocycles. The first-order chi connectivity index (χ1) is 23.7. The lowest BCUT2D eigenvalue weighted by Gasteiger charge is -2.18. The molecule has 2 amide bonds. The molecule has 10 nitrogen and oxygen atoms in total. The minimum atomic E-state index is -1.46. The lowest BCUT2D eigenvalue weighted by atomic mass is 10.1. The van der Waals surface area contributed by atoms with E-state index in [9.17, 15) is 19.2 Å². The summed E-state index contributed by atoms with van der Waals surface area (Å²) in [6.07, 6.45) is 11.4. The molecular weight excluding hydrogens is 661 g/mol. The Balaban J connectivity index is 1.14. The zero-order valence-corrected chi connectivity index (χ0v) is 28.0. The number of anilines is 2. The van der Waals surface area contributed by atoms with E-state index in [0.717, 1.165) is 0 Å². The van der Waals surface area contributed by atoms with Crippen molar-refractivity contribution in [1.29, 1.82) is 0 Å². The van der Waals surface area contributed by atoms with Gasteiger partial charge in [0.2, 0.25) is 12.1 Å². The number of terminal acetylenes is 2. The Kier molecular flexibility index (Phi) is 9.54. The molecule has 0 bridgehead atoms. The van der Waals surface area contributed by atoms with Crippen molar-refractivity contribution in [3.8, 4) is 24.7 Å². The van der Waals surface area contributed by atoms with Gasteiger partial charge >= 0.3 is 11.9 Å². The van der Waals surface area contributed by atoms with Crippen molar-refractivity contribution in [1.82, 2.24) is 0 Å². The van der Waals surface area contributed by atoms with Gasteiger partial charge in [-0.3, -0.25) is 19.6 Å². The third-order valence-corrected chi connectivity index (χ3v) is 9.95. The Morgan fingerprint density at radius 3 is 1.47 bits per heavy atom.